The van der Waals surface area contributed by atoms with Gasteiger partial charge in [0.1, 0.15) is 5.82 Å². The standard InChI is InChI=1S/C18H17FN2O/c1-12-15(16-10-13(19)8-9-17(16)20-12)11-18(22)21(2)14-6-4-3-5-7-14/h3-10,20H,11H2,1-2H3. The van der Waals surface area contributed by atoms with Crippen molar-refractivity contribution in [1.82, 2.24) is 4.98 Å². The molecule has 2 aromatic carbocycles. The van der Waals surface area contributed by atoms with Crippen molar-refractivity contribution in [3.63, 3.8) is 0 Å². The number of nitrogens with zero attached hydrogens (tertiary/aromatic N) is 1. The maximum atomic E-state index is 13.5. The number of para-hydroxylation sites is 1. The summed E-state index contributed by atoms with van der Waals surface area (Å²) in [6.45, 7) is 1.91. The van der Waals surface area contributed by atoms with Crippen LogP contribution in [0.2, 0.25) is 0 Å². The number of benzene rings is 2. The van der Waals surface area contributed by atoms with Crippen molar-refractivity contribution < 1.29 is 9.18 Å². The molecule has 0 saturated heterocycles. The molecule has 1 N–H and O–H groups in total. The number of likely N-dealkylation sites (N-methyl/N-ethyl adjacent to an activating group) is 1. The van der Waals surface area contributed by atoms with Gasteiger partial charge in [0.15, 0.2) is 0 Å². The molecule has 1 aromatic heterocycles. The number of fused-ring (bicyclic) bond motifs is 1. The Hall–Kier alpha value is -2.62. The minimum absolute atomic E-state index is 0.0283. The average Bonchev–Trinajstić information content (AvgIpc) is 2.83. The van der Waals surface area contributed by atoms with Crippen LogP contribution >= 0.6 is 0 Å². The van der Waals surface area contributed by atoms with Crippen molar-refractivity contribution in [2.75, 3.05) is 11.9 Å². The van der Waals surface area contributed by atoms with Crippen LogP contribution in [0.4, 0.5) is 10.1 Å². The van der Waals surface area contributed by atoms with E-state index in [0.29, 0.717) is 0 Å². The number of hydrogen-bond acceptors (Lipinski definition) is 1. The summed E-state index contributed by atoms with van der Waals surface area (Å²) in [5.74, 6) is -0.323. The van der Waals surface area contributed by atoms with Crippen LogP contribution in [0.15, 0.2) is 48.5 Å². The number of carbonyl (C=O) groups excluding carboxylic acids is 1. The fourth-order valence-corrected chi connectivity index (χ4v) is 2.65. The van der Waals surface area contributed by atoms with E-state index in [1.54, 1.807) is 18.0 Å². The molecule has 0 unspecified atom stereocenters. The van der Waals surface area contributed by atoms with Gasteiger partial charge < -0.3 is 9.88 Å². The van der Waals surface area contributed by atoms with Gasteiger partial charge in [-0.25, -0.2) is 4.39 Å². The average molecular weight is 296 g/mol. The Morgan fingerprint density at radius 1 is 1.18 bits per heavy atom. The summed E-state index contributed by atoms with van der Waals surface area (Å²) in [5.41, 5.74) is 3.44. The number of rotatable bonds is 3. The fourth-order valence-electron chi connectivity index (χ4n) is 2.65. The van der Waals surface area contributed by atoms with E-state index in [1.807, 2.05) is 37.3 Å². The second kappa shape index (κ2) is 5.64. The molecule has 1 heterocycles. The molecular formula is C18H17FN2O. The molecule has 112 valence electrons. The first-order chi connectivity index (χ1) is 10.6. The maximum Gasteiger partial charge on any atom is 0.231 e. The molecule has 0 atom stereocenters. The summed E-state index contributed by atoms with van der Waals surface area (Å²) in [6.07, 6.45) is 0.237. The molecule has 0 radical (unpaired) electrons. The molecule has 3 nitrogen and oxygen atoms in total. The van der Waals surface area contributed by atoms with Crippen molar-refractivity contribution in [2.24, 2.45) is 0 Å². The summed E-state index contributed by atoms with van der Waals surface area (Å²) in [7, 11) is 1.75. The van der Waals surface area contributed by atoms with E-state index < -0.39 is 0 Å². The van der Waals surface area contributed by atoms with Gasteiger partial charge >= 0.3 is 0 Å². The molecule has 0 aliphatic rings. The van der Waals surface area contributed by atoms with Crippen molar-refractivity contribution in [3.8, 4) is 0 Å². The van der Waals surface area contributed by atoms with Crippen molar-refractivity contribution in [1.29, 1.82) is 0 Å². The zero-order valence-electron chi connectivity index (χ0n) is 12.6. The predicted molar refractivity (Wildman–Crippen MR) is 86.5 cm³/mol. The van der Waals surface area contributed by atoms with E-state index in [9.17, 15) is 9.18 Å². The van der Waals surface area contributed by atoms with Gasteiger partial charge in [0, 0.05) is 29.3 Å². The number of aromatic amines is 1. The molecule has 0 fully saturated rings. The lowest BCUT2D eigenvalue weighted by Crippen LogP contribution is -2.27. The van der Waals surface area contributed by atoms with Gasteiger partial charge in [-0.2, -0.15) is 0 Å². The Bertz CT molecular complexity index is 824. The first kappa shape index (κ1) is 14.3. The third-order valence-corrected chi connectivity index (χ3v) is 3.93. The van der Waals surface area contributed by atoms with Gasteiger partial charge in [-0.3, -0.25) is 4.79 Å². The Labute approximate surface area is 128 Å². The molecule has 0 bridgehead atoms. The minimum atomic E-state index is -0.295. The Morgan fingerprint density at radius 2 is 1.91 bits per heavy atom. The Kier molecular flexibility index (Phi) is 3.67. The third kappa shape index (κ3) is 2.60. The van der Waals surface area contributed by atoms with Crippen LogP contribution in [-0.2, 0) is 11.2 Å². The van der Waals surface area contributed by atoms with E-state index in [4.69, 9.17) is 0 Å². The van der Waals surface area contributed by atoms with E-state index in [0.717, 1.165) is 27.8 Å². The van der Waals surface area contributed by atoms with E-state index in [1.165, 1.54) is 12.1 Å². The first-order valence-corrected chi connectivity index (χ1v) is 7.14. The number of halogens is 1. The second-order valence-electron chi connectivity index (χ2n) is 5.38. The Morgan fingerprint density at radius 3 is 2.64 bits per heavy atom. The second-order valence-corrected chi connectivity index (χ2v) is 5.38. The predicted octanol–water partition coefficient (Wildman–Crippen LogP) is 3.82. The summed E-state index contributed by atoms with van der Waals surface area (Å²) in [6, 6.07) is 14.1. The quantitative estimate of drug-likeness (QED) is 0.783. The molecule has 22 heavy (non-hydrogen) atoms. The first-order valence-electron chi connectivity index (χ1n) is 7.14. The molecule has 1 amide bonds. The number of aromatic nitrogens is 1. The SMILES string of the molecule is Cc1[nH]c2ccc(F)cc2c1CC(=O)N(C)c1ccccc1. The van der Waals surface area contributed by atoms with Crippen LogP contribution in [0.3, 0.4) is 0 Å². The monoisotopic (exact) mass is 296 g/mol. The number of H-pyrrole nitrogens is 1. The number of aryl methyl sites for hydroxylation is 1. The summed E-state index contributed by atoms with van der Waals surface area (Å²) in [5, 5.41) is 0.771. The highest BCUT2D eigenvalue weighted by Gasteiger charge is 2.16. The normalized spacial score (nSPS) is 10.9. The lowest BCUT2D eigenvalue weighted by Gasteiger charge is -2.17. The maximum absolute atomic E-state index is 13.5. The highest BCUT2D eigenvalue weighted by Crippen LogP contribution is 2.24. The highest BCUT2D eigenvalue weighted by molar-refractivity contribution is 5.97. The third-order valence-electron chi connectivity index (χ3n) is 3.93. The summed E-state index contributed by atoms with van der Waals surface area (Å²) < 4.78 is 13.5. The summed E-state index contributed by atoms with van der Waals surface area (Å²) in [4.78, 5) is 17.3. The molecule has 0 saturated carbocycles. The molecule has 0 spiro atoms. The molecule has 4 heteroatoms. The lowest BCUT2D eigenvalue weighted by atomic mass is 10.1. The van der Waals surface area contributed by atoms with E-state index in [2.05, 4.69) is 4.98 Å². The van der Waals surface area contributed by atoms with Crippen molar-refractivity contribution in [2.45, 2.75) is 13.3 Å². The molecular weight excluding hydrogens is 279 g/mol. The lowest BCUT2D eigenvalue weighted by molar-refractivity contribution is -0.117. The zero-order chi connectivity index (χ0) is 15.7. The fraction of sp³-hybridized carbons (Fsp3) is 0.167. The zero-order valence-corrected chi connectivity index (χ0v) is 12.6. The van der Waals surface area contributed by atoms with E-state index in [-0.39, 0.29) is 18.1 Å². The van der Waals surface area contributed by atoms with Crippen molar-refractivity contribution >= 4 is 22.5 Å². The van der Waals surface area contributed by atoms with Gasteiger partial charge in [-0.05, 0) is 42.8 Å². The van der Waals surface area contributed by atoms with Crippen LogP contribution in [0.1, 0.15) is 11.3 Å². The van der Waals surface area contributed by atoms with Gasteiger partial charge in [0.25, 0.3) is 0 Å². The van der Waals surface area contributed by atoms with Crippen LogP contribution < -0.4 is 4.90 Å². The number of carbonyl (C=O) groups is 1. The van der Waals surface area contributed by atoms with Gasteiger partial charge in [0.2, 0.25) is 5.91 Å². The van der Waals surface area contributed by atoms with E-state index >= 15 is 0 Å². The largest absolute Gasteiger partial charge is 0.358 e. The molecule has 3 aromatic rings. The van der Waals surface area contributed by atoms with Gasteiger partial charge in [-0.1, -0.05) is 18.2 Å². The van der Waals surface area contributed by atoms with Gasteiger partial charge in [0.05, 0.1) is 6.42 Å². The molecule has 0 aliphatic heterocycles. The number of amides is 1. The minimum Gasteiger partial charge on any atom is -0.358 e. The Balaban J connectivity index is 1.91. The molecule has 3 rings (SSSR count). The topological polar surface area (TPSA) is 36.1 Å². The number of hydrogen-bond donors (Lipinski definition) is 1. The molecule has 0 aliphatic carbocycles. The highest BCUT2D eigenvalue weighted by atomic mass is 19.1. The van der Waals surface area contributed by atoms with Crippen LogP contribution in [-0.4, -0.2) is 17.9 Å². The summed E-state index contributed by atoms with van der Waals surface area (Å²) >= 11 is 0. The van der Waals surface area contributed by atoms with Crippen LogP contribution in [0, 0.1) is 12.7 Å². The van der Waals surface area contributed by atoms with Crippen LogP contribution in [0.25, 0.3) is 10.9 Å². The van der Waals surface area contributed by atoms with Crippen molar-refractivity contribution in [3.05, 3.63) is 65.6 Å². The van der Waals surface area contributed by atoms with Crippen LogP contribution in [0.5, 0.6) is 0 Å². The smallest absolute Gasteiger partial charge is 0.231 e. The number of nitrogens with one attached hydrogen (secondary N) is 1. The number of anilines is 1. The van der Waals surface area contributed by atoms with Gasteiger partial charge in [-0.15, -0.1) is 0 Å².